The fourth-order valence-electron chi connectivity index (χ4n) is 4.43. The maximum atomic E-state index is 12.2. The van der Waals surface area contributed by atoms with Crippen LogP contribution in [-0.4, -0.2) is 87.5 Å². The molecule has 0 aromatic rings. The molecule has 0 aromatic heterocycles. The van der Waals surface area contributed by atoms with Crippen LogP contribution in [0.2, 0.25) is 0 Å². The average Bonchev–Trinajstić information content (AvgIpc) is 2.88. The summed E-state index contributed by atoms with van der Waals surface area (Å²) in [7, 11) is 0. The van der Waals surface area contributed by atoms with E-state index in [0.29, 0.717) is 12.8 Å². The fraction of sp³-hybridized carbons (Fsp3) is 0.893. The van der Waals surface area contributed by atoms with Gasteiger partial charge in [0.25, 0.3) is 0 Å². The zero-order valence-electron chi connectivity index (χ0n) is 23.0. The molecular formula is C28H53NO8. The van der Waals surface area contributed by atoms with Crippen molar-refractivity contribution in [3.05, 3.63) is 12.2 Å². The molecule has 0 aromatic carbocycles. The lowest BCUT2D eigenvalue weighted by Gasteiger charge is -2.40. The molecule has 9 nitrogen and oxygen atoms in total. The number of hydrogen-bond acceptors (Lipinski definition) is 8. The predicted molar refractivity (Wildman–Crippen MR) is 143 cm³/mol. The maximum absolute atomic E-state index is 12.2. The van der Waals surface area contributed by atoms with E-state index in [9.17, 15) is 30.3 Å². The highest BCUT2D eigenvalue weighted by Crippen LogP contribution is 2.22. The first-order valence-electron chi connectivity index (χ1n) is 14.4. The number of aliphatic hydroxyl groups is 5. The van der Waals surface area contributed by atoms with Gasteiger partial charge in [-0.3, -0.25) is 4.79 Å². The zero-order valence-corrected chi connectivity index (χ0v) is 23.0. The summed E-state index contributed by atoms with van der Waals surface area (Å²) in [5.74, 6) is -0.234. The molecule has 1 aliphatic rings. The summed E-state index contributed by atoms with van der Waals surface area (Å²) in [5, 5.41) is 52.8. The summed E-state index contributed by atoms with van der Waals surface area (Å²) >= 11 is 0. The Bertz CT molecular complexity index is 603. The van der Waals surface area contributed by atoms with Gasteiger partial charge in [0.2, 0.25) is 5.91 Å². The van der Waals surface area contributed by atoms with Crippen LogP contribution in [0.3, 0.4) is 0 Å². The second-order valence-electron chi connectivity index (χ2n) is 10.2. The topological polar surface area (TPSA) is 149 Å². The number of allylic oxidation sites excluding steroid dienone is 1. The second-order valence-corrected chi connectivity index (χ2v) is 10.2. The lowest BCUT2D eigenvalue weighted by molar-refractivity contribution is -0.302. The van der Waals surface area contributed by atoms with Crippen molar-refractivity contribution in [1.82, 2.24) is 5.32 Å². The monoisotopic (exact) mass is 531 g/mol. The molecular weight excluding hydrogens is 478 g/mol. The molecule has 0 aliphatic carbocycles. The number of rotatable bonds is 21. The number of carbonyl (C=O) groups is 1. The van der Waals surface area contributed by atoms with Gasteiger partial charge in [-0.2, -0.15) is 0 Å². The minimum atomic E-state index is -1.56. The third-order valence-electron chi connectivity index (χ3n) is 6.83. The SMILES string of the molecule is CCCCCCCCCCCCC/C=C/[C@@H](O)[C@@H](COC1OC(CO)C(O)C(O)C1O)NC(=O)CCC. The van der Waals surface area contributed by atoms with Crippen molar-refractivity contribution in [2.24, 2.45) is 0 Å². The quantitative estimate of drug-likeness (QED) is 0.0978. The van der Waals surface area contributed by atoms with Crippen molar-refractivity contribution in [2.75, 3.05) is 13.2 Å². The largest absolute Gasteiger partial charge is 0.394 e. The summed E-state index contributed by atoms with van der Waals surface area (Å²) in [6.45, 7) is 3.36. The molecule has 1 heterocycles. The number of unbranched alkanes of at least 4 members (excludes halogenated alkanes) is 11. The lowest BCUT2D eigenvalue weighted by Crippen LogP contribution is -2.60. The summed E-state index contributed by atoms with van der Waals surface area (Å²) in [6, 6.07) is -0.792. The van der Waals surface area contributed by atoms with E-state index in [1.165, 1.54) is 57.8 Å². The lowest BCUT2D eigenvalue weighted by atomic mass is 9.99. The van der Waals surface area contributed by atoms with Gasteiger partial charge in [-0.25, -0.2) is 0 Å². The number of hydrogen-bond donors (Lipinski definition) is 6. The van der Waals surface area contributed by atoms with E-state index < -0.39 is 49.5 Å². The smallest absolute Gasteiger partial charge is 0.220 e. The summed E-state index contributed by atoms with van der Waals surface area (Å²) in [4.78, 5) is 12.2. The molecule has 1 rings (SSSR count). The van der Waals surface area contributed by atoms with E-state index in [4.69, 9.17) is 9.47 Å². The Labute approximate surface area is 223 Å². The van der Waals surface area contributed by atoms with Gasteiger partial charge in [-0.05, 0) is 19.3 Å². The first-order valence-corrected chi connectivity index (χ1v) is 14.4. The number of carbonyl (C=O) groups excluding carboxylic acids is 1. The molecule has 5 unspecified atom stereocenters. The molecule has 1 fully saturated rings. The van der Waals surface area contributed by atoms with Gasteiger partial charge in [-0.15, -0.1) is 0 Å². The van der Waals surface area contributed by atoms with Crippen molar-refractivity contribution < 1.29 is 39.8 Å². The Morgan fingerprint density at radius 2 is 1.49 bits per heavy atom. The minimum absolute atomic E-state index is 0.192. The van der Waals surface area contributed by atoms with Gasteiger partial charge < -0.3 is 40.3 Å². The van der Waals surface area contributed by atoms with E-state index in [1.807, 2.05) is 13.0 Å². The molecule has 9 heteroatoms. The Morgan fingerprint density at radius 1 is 0.892 bits per heavy atom. The standard InChI is InChI=1S/C28H53NO8/c1-3-5-6-7-8-9-10-11-12-13-14-15-16-18-22(31)21(29-24(32)17-4-2)20-36-28-27(35)26(34)25(33)23(19-30)37-28/h16,18,21-23,25-28,30-31,33-35H,3-15,17,19-20H2,1-2H3,(H,29,32)/b18-16+/t21-,22-,23?,25?,26?,27?,28?/m1/s1. The Morgan fingerprint density at radius 3 is 2.05 bits per heavy atom. The highest BCUT2D eigenvalue weighted by Gasteiger charge is 2.44. The third-order valence-corrected chi connectivity index (χ3v) is 6.83. The van der Waals surface area contributed by atoms with Gasteiger partial charge in [0.1, 0.15) is 24.4 Å². The van der Waals surface area contributed by atoms with Crippen LogP contribution in [0, 0.1) is 0 Å². The minimum Gasteiger partial charge on any atom is -0.394 e. The Kier molecular flexibility index (Phi) is 19.1. The molecule has 1 aliphatic heterocycles. The van der Waals surface area contributed by atoms with Crippen LogP contribution >= 0.6 is 0 Å². The Hall–Kier alpha value is -1.07. The average molecular weight is 532 g/mol. The molecule has 7 atom stereocenters. The highest BCUT2D eigenvalue weighted by molar-refractivity contribution is 5.76. The number of amides is 1. The van der Waals surface area contributed by atoms with Gasteiger partial charge >= 0.3 is 0 Å². The normalized spacial score (nSPS) is 25.9. The summed E-state index contributed by atoms with van der Waals surface area (Å²) in [6.07, 6.45) is 11.3. The van der Waals surface area contributed by atoms with Crippen molar-refractivity contribution in [3.63, 3.8) is 0 Å². The van der Waals surface area contributed by atoms with Crippen LogP contribution in [-0.2, 0) is 14.3 Å². The van der Waals surface area contributed by atoms with Gasteiger partial charge in [0.05, 0.1) is 25.4 Å². The van der Waals surface area contributed by atoms with E-state index in [0.717, 1.165) is 19.3 Å². The fourth-order valence-corrected chi connectivity index (χ4v) is 4.43. The van der Waals surface area contributed by atoms with Crippen molar-refractivity contribution in [1.29, 1.82) is 0 Å². The van der Waals surface area contributed by atoms with Gasteiger partial charge in [0, 0.05) is 6.42 Å². The molecule has 0 bridgehead atoms. The highest BCUT2D eigenvalue weighted by atomic mass is 16.7. The van der Waals surface area contributed by atoms with E-state index in [2.05, 4.69) is 12.2 Å². The zero-order chi connectivity index (χ0) is 27.5. The predicted octanol–water partition coefficient (Wildman–Crippen LogP) is 2.71. The number of nitrogens with one attached hydrogen (secondary N) is 1. The number of ether oxygens (including phenoxy) is 2. The third kappa shape index (κ3) is 14.0. The van der Waals surface area contributed by atoms with Crippen molar-refractivity contribution in [3.8, 4) is 0 Å². The summed E-state index contributed by atoms with van der Waals surface area (Å²) in [5.41, 5.74) is 0. The van der Waals surface area contributed by atoms with Gasteiger partial charge in [-0.1, -0.05) is 90.2 Å². The first kappa shape index (κ1) is 34.0. The Balaban J connectivity index is 2.41. The van der Waals surface area contributed by atoms with Crippen LogP contribution in [0.25, 0.3) is 0 Å². The second kappa shape index (κ2) is 20.8. The van der Waals surface area contributed by atoms with E-state index in [-0.39, 0.29) is 12.5 Å². The maximum Gasteiger partial charge on any atom is 0.220 e. The van der Waals surface area contributed by atoms with Crippen molar-refractivity contribution in [2.45, 2.75) is 147 Å². The van der Waals surface area contributed by atoms with Crippen LogP contribution in [0.1, 0.15) is 104 Å². The van der Waals surface area contributed by atoms with Gasteiger partial charge in [0.15, 0.2) is 6.29 Å². The van der Waals surface area contributed by atoms with Crippen LogP contribution in [0.4, 0.5) is 0 Å². The molecule has 6 N–H and O–H groups in total. The molecule has 1 amide bonds. The first-order chi connectivity index (χ1) is 17.8. The summed E-state index contributed by atoms with van der Waals surface area (Å²) < 4.78 is 10.9. The molecule has 218 valence electrons. The van der Waals surface area contributed by atoms with E-state index >= 15 is 0 Å². The van der Waals surface area contributed by atoms with Crippen LogP contribution in [0.5, 0.6) is 0 Å². The molecule has 0 radical (unpaired) electrons. The van der Waals surface area contributed by atoms with Crippen LogP contribution < -0.4 is 5.32 Å². The molecule has 0 saturated carbocycles. The molecule has 1 saturated heterocycles. The van der Waals surface area contributed by atoms with Crippen molar-refractivity contribution >= 4 is 5.91 Å². The molecule has 0 spiro atoms. The van der Waals surface area contributed by atoms with Crippen LogP contribution in [0.15, 0.2) is 12.2 Å². The van der Waals surface area contributed by atoms with E-state index in [1.54, 1.807) is 6.08 Å². The molecule has 37 heavy (non-hydrogen) atoms. The number of aliphatic hydroxyl groups excluding tert-OH is 5.